The predicted octanol–water partition coefficient (Wildman–Crippen LogP) is 0.130. The van der Waals surface area contributed by atoms with Crippen LogP contribution < -0.4 is 16.6 Å². The first-order valence-corrected chi connectivity index (χ1v) is 9.74. The van der Waals surface area contributed by atoms with E-state index in [4.69, 9.17) is 14.2 Å². The van der Waals surface area contributed by atoms with Gasteiger partial charge in [0.1, 0.15) is 24.0 Å². The molecule has 160 valence electrons. The van der Waals surface area contributed by atoms with Gasteiger partial charge < -0.3 is 19.5 Å². The molecule has 2 N–H and O–H groups in total. The summed E-state index contributed by atoms with van der Waals surface area (Å²) in [5.41, 5.74) is 0.113. The van der Waals surface area contributed by atoms with Crippen molar-refractivity contribution in [3.8, 4) is 0 Å². The molecule has 0 aliphatic carbocycles. The fourth-order valence-electron chi connectivity index (χ4n) is 3.92. The monoisotopic (exact) mass is 416 g/mol. The fourth-order valence-corrected chi connectivity index (χ4v) is 3.92. The molecule has 2 saturated heterocycles. The zero-order valence-corrected chi connectivity index (χ0v) is 17.0. The zero-order chi connectivity index (χ0) is 21.5. The number of hydrogen-bond donors (Lipinski definition) is 2. The molecule has 2 aliphatic heterocycles. The third-order valence-electron chi connectivity index (χ3n) is 5.29. The smallest absolute Gasteiger partial charge is 0.328 e. The molecular formula is C20H24N4O6. The topological polar surface area (TPSA) is 125 Å². The van der Waals surface area contributed by atoms with Gasteiger partial charge in [0, 0.05) is 25.0 Å². The first kappa shape index (κ1) is 20.5. The van der Waals surface area contributed by atoms with Gasteiger partial charge >= 0.3 is 5.69 Å². The Bertz CT molecular complexity index is 1060. The van der Waals surface area contributed by atoms with Crippen molar-refractivity contribution in [3.05, 3.63) is 62.7 Å². The van der Waals surface area contributed by atoms with E-state index in [9.17, 15) is 14.4 Å². The highest BCUT2D eigenvalue weighted by Crippen LogP contribution is 2.39. The maximum Gasteiger partial charge on any atom is 0.328 e. The molecule has 0 aromatic carbocycles. The number of nitrogens with zero attached hydrogens (tertiary/aromatic N) is 2. The van der Waals surface area contributed by atoms with Crippen LogP contribution in [0.3, 0.4) is 0 Å². The van der Waals surface area contributed by atoms with Crippen molar-refractivity contribution in [1.82, 2.24) is 19.9 Å². The number of aromatic nitrogens is 3. The van der Waals surface area contributed by atoms with E-state index in [-0.39, 0.29) is 19.1 Å². The van der Waals surface area contributed by atoms with Crippen LogP contribution in [0.2, 0.25) is 0 Å². The van der Waals surface area contributed by atoms with Gasteiger partial charge in [-0.2, -0.15) is 0 Å². The first-order chi connectivity index (χ1) is 14.2. The summed E-state index contributed by atoms with van der Waals surface area (Å²) in [6.07, 6.45) is 1.52. The highest BCUT2D eigenvalue weighted by molar-refractivity contribution is 5.93. The average Bonchev–Trinajstić information content (AvgIpc) is 3.02. The van der Waals surface area contributed by atoms with Crippen LogP contribution in [0.5, 0.6) is 0 Å². The maximum absolute atomic E-state index is 12.5. The van der Waals surface area contributed by atoms with Gasteiger partial charge in [-0.05, 0) is 32.4 Å². The number of fused-ring (bicyclic) bond motifs is 1. The largest absolute Gasteiger partial charge is 0.371 e. The van der Waals surface area contributed by atoms with E-state index in [0.29, 0.717) is 5.69 Å². The highest BCUT2D eigenvalue weighted by atomic mass is 16.8. The van der Waals surface area contributed by atoms with Gasteiger partial charge in [-0.25, -0.2) is 4.79 Å². The Labute approximate surface area is 172 Å². The van der Waals surface area contributed by atoms with Crippen molar-refractivity contribution >= 4 is 5.91 Å². The van der Waals surface area contributed by atoms with Gasteiger partial charge in [0.15, 0.2) is 5.79 Å². The van der Waals surface area contributed by atoms with Gasteiger partial charge in [0.2, 0.25) is 0 Å². The molecule has 4 rings (SSSR count). The average molecular weight is 416 g/mol. The van der Waals surface area contributed by atoms with E-state index in [0.717, 1.165) is 5.56 Å². The summed E-state index contributed by atoms with van der Waals surface area (Å²) in [7, 11) is 0. The molecule has 4 atom stereocenters. The molecule has 1 amide bonds. The summed E-state index contributed by atoms with van der Waals surface area (Å²) < 4.78 is 19.5. The first-order valence-electron chi connectivity index (χ1n) is 9.74. The van der Waals surface area contributed by atoms with E-state index < -0.39 is 41.4 Å². The van der Waals surface area contributed by atoms with Gasteiger partial charge in [-0.1, -0.05) is 6.07 Å². The molecule has 0 radical (unpaired) electrons. The Morgan fingerprint density at radius 3 is 2.80 bits per heavy atom. The Hall–Kier alpha value is -2.82. The van der Waals surface area contributed by atoms with Crippen LogP contribution in [0.1, 0.15) is 35.9 Å². The van der Waals surface area contributed by atoms with Gasteiger partial charge in [-0.15, -0.1) is 0 Å². The van der Waals surface area contributed by atoms with Crippen LogP contribution in [-0.2, 0) is 14.2 Å². The minimum atomic E-state index is -0.882. The number of aromatic amines is 1. The van der Waals surface area contributed by atoms with Gasteiger partial charge in [0.05, 0.1) is 12.6 Å². The molecule has 0 unspecified atom stereocenters. The zero-order valence-electron chi connectivity index (χ0n) is 17.0. The van der Waals surface area contributed by atoms with Crippen LogP contribution in [0, 0.1) is 6.92 Å². The van der Waals surface area contributed by atoms with Crippen molar-refractivity contribution in [2.45, 2.75) is 50.9 Å². The third-order valence-corrected chi connectivity index (χ3v) is 5.29. The lowest BCUT2D eigenvalue weighted by atomic mass is 9.97. The molecule has 10 nitrogen and oxygen atoms in total. The van der Waals surface area contributed by atoms with E-state index in [1.54, 1.807) is 26.1 Å². The minimum absolute atomic E-state index is 0.162. The van der Waals surface area contributed by atoms with Crippen LogP contribution in [0.15, 0.2) is 40.2 Å². The molecule has 2 aromatic rings. The number of aryl methyl sites for hydroxylation is 1. The molecular weight excluding hydrogens is 392 g/mol. The van der Waals surface area contributed by atoms with E-state index >= 15 is 0 Å². The molecule has 2 fully saturated rings. The Morgan fingerprint density at radius 2 is 2.07 bits per heavy atom. The quantitative estimate of drug-likeness (QED) is 0.726. The van der Waals surface area contributed by atoms with Gasteiger partial charge in [-0.3, -0.25) is 24.1 Å². The summed E-state index contributed by atoms with van der Waals surface area (Å²) in [5, 5.41) is 2.84. The van der Waals surface area contributed by atoms with E-state index in [1.165, 1.54) is 16.8 Å². The highest BCUT2D eigenvalue weighted by Gasteiger charge is 2.52. The number of hydrogen-bond acceptors (Lipinski definition) is 7. The van der Waals surface area contributed by atoms with Crippen molar-refractivity contribution < 1.29 is 19.0 Å². The summed E-state index contributed by atoms with van der Waals surface area (Å²) in [4.78, 5) is 42.5. The van der Waals surface area contributed by atoms with Crippen molar-refractivity contribution in [3.63, 3.8) is 0 Å². The normalized spacial score (nSPS) is 27.4. The molecule has 0 spiro atoms. The molecule has 10 heteroatoms. The second kappa shape index (κ2) is 7.78. The predicted molar refractivity (Wildman–Crippen MR) is 105 cm³/mol. The summed E-state index contributed by atoms with van der Waals surface area (Å²) in [5.74, 6) is -1.18. The second-order valence-electron chi connectivity index (χ2n) is 7.90. The lowest BCUT2D eigenvalue weighted by Gasteiger charge is -2.37. The lowest BCUT2D eigenvalue weighted by molar-refractivity contribution is -0.153. The van der Waals surface area contributed by atoms with Crippen molar-refractivity contribution in [2.24, 2.45) is 0 Å². The van der Waals surface area contributed by atoms with Crippen molar-refractivity contribution in [1.29, 1.82) is 0 Å². The molecule has 0 saturated carbocycles. The second-order valence-corrected chi connectivity index (χ2v) is 7.90. The number of rotatable bonds is 4. The number of H-pyrrole nitrogens is 1. The number of nitrogens with one attached hydrogen (secondary N) is 2. The number of ether oxygens (including phenoxy) is 3. The summed E-state index contributed by atoms with van der Waals surface area (Å²) in [6, 6.07) is 4.38. The Morgan fingerprint density at radius 1 is 1.30 bits per heavy atom. The number of carbonyl (C=O) groups is 1. The van der Waals surface area contributed by atoms with Crippen LogP contribution in [-0.4, -0.2) is 57.7 Å². The molecule has 30 heavy (non-hydrogen) atoms. The minimum Gasteiger partial charge on any atom is -0.371 e. The number of amides is 1. The van der Waals surface area contributed by atoms with Crippen LogP contribution in [0.4, 0.5) is 0 Å². The van der Waals surface area contributed by atoms with Crippen LogP contribution >= 0.6 is 0 Å². The van der Waals surface area contributed by atoms with E-state index in [2.05, 4.69) is 15.3 Å². The molecule has 2 aromatic heterocycles. The number of pyridine rings is 1. The van der Waals surface area contributed by atoms with Gasteiger partial charge in [0.25, 0.3) is 11.5 Å². The maximum atomic E-state index is 12.5. The van der Waals surface area contributed by atoms with E-state index in [1.807, 2.05) is 13.0 Å². The SMILES string of the molecule is Cc1cccnc1C(=O)NC[C@H]1OC[C@@H](n2ccc(=O)[nH]c2=O)[C@@H]2OC(C)(C)O[C@@H]21. The number of carbonyl (C=O) groups excluding carboxylic acids is 1. The third kappa shape index (κ3) is 3.93. The summed E-state index contributed by atoms with van der Waals surface area (Å²) in [6.45, 7) is 5.74. The molecule has 4 heterocycles. The standard InChI is InChI=1S/C20H24N4O6/c1-11-5-4-7-21-15(11)18(26)22-9-13-17-16(29-20(2,3)30-17)12(10-28-13)24-8-6-14(25)23-19(24)27/h4-8,12-13,16-17H,9-10H2,1-3H3,(H,22,26)(H,23,25,27)/t12-,13-,16+,17-/m1/s1. The fraction of sp³-hybridized carbons (Fsp3) is 0.500. The Kier molecular flexibility index (Phi) is 5.31. The molecule has 0 bridgehead atoms. The molecule has 2 aliphatic rings. The van der Waals surface area contributed by atoms with Crippen LogP contribution in [0.25, 0.3) is 0 Å². The Balaban J connectivity index is 1.52. The van der Waals surface area contributed by atoms with Crippen molar-refractivity contribution in [2.75, 3.05) is 13.2 Å². The lowest BCUT2D eigenvalue weighted by Crippen LogP contribution is -2.54. The summed E-state index contributed by atoms with van der Waals surface area (Å²) >= 11 is 0.